The molecule has 0 spiro atoms. The first-order valence-corrected chi connectivity index (χ1v) is 10.5. The Kier molecular flexibility index (Phi) is 11.6. The number of nitrogens with zero attached hydrogens (tertiary/aromatic N) is 5. The van der Waals surface area contributed by atoms with Crippen molar-refractivity contribution in [3.05, 3.63) is 17.5 Å². The van der Waals surface area contributed by atoms with Crippen molar-refractivity contribution in [3.63, 3.8) is 0 Å². The number of hydrogen-bond acceptors (Lipinski definition) is 5. The Morgan fingerprint density at radius 1 is 1.29 bits per heavy atom. The molecule has 2 amide bonds. The summed E-state index contributed by atoms with van der Waals surface area (Å²) in [5, 5.41) is 11.0. The highest BCUT2D eigenvalue weighted by molar-refractivity contribution is 14.0. The van der Waals surface area contributed by atoms with Crippen molar-refractivity contribution in [2.45, 2.75) is 45.7 Å². The molecular weight excluding hydrogens is 513 g/mol. The highest BCUT2D eigenvalue weighted by atomic mass is 127. The normalized spacial score (nSPS) is 14.6. The van der Waals surface area contributed by atoms with E-state index in [4.69, 9.17) is 4.74 Å². The summed E-state index contributed by atoms with van der Waals surface area (Å²) in [5.41, 5.74) is 2.09. The van der Waals surface area contributed by atoms with Gasteiger partial charge in [-0.1, -0.05) is 6.92 Å². The van der Waals surface area contributed by atoms with E-state index >= 15 is 0 Å². The molecule has 1 aromatic heterocycles. The molecule has 0 aromatic carbocycles. The number of aromatic nitrogens is 2. The fourth-order valence-electron chi connectivity index (χ4n) is 3.26. The summed E-state index contributed by atoms with van der Waals surface area (Å²) in [6.45, 7) is 6.15. The molecule has 0 unspecified atom stereocenters. The molecule has 2 rings (SSSR count). The zero-order valence-electron chi connectivity index (χ0n) is 19.2. The second-order valence-electron chi connectivity index (χ2n) is 7.54. The summed E-state index contributed by atoms with van der Waals surface area (Å²) in [6.07, 6.45) is 4.13. The van der Waals surface area contributed by atoms with Crippen LogP contribution in [0.25, 0.3) is 0 Å². The van der Waals surface area contributed by atoms with Gasteiger partial charge in [0.15, 0.2) is 5.96 Å². The van der Waals surface area contributed by atoms with Crippen molar-refractivity contribution in [1.29, 1.82) is 0 Å². The number of guanidine groups is 1. The van der Waals surface area contributed by atoms with Gasteiger partial charge in [0.25, 0.3) is 0 Å². The van der Waals surface area contributed by atoms with Crippen LogP contribution in [0.5, 0.6) is 0 Å². The van der Waals surface area contributed by atoms with Gasteiger partial charge >= 0.3 is 6.09 Å². The van der Waals surface area contributed by atoms with Gasteiger partial charge in [-0.25, -0.2) is 9.79 Å². The molecule has 1 aliphatic heterocycles. The second-order valence-corrected chi connectivity index (χ2v) is 7.54. The van der Waals surface area contributed by atoms with E-state index in [-0.39, 0.29) is 48.6 Å². The Hall–Kier alpha value is -2.05. The van der Waals surface area contributed by atoms with Crippen LogP contribution in [-0.4, -0.2) is 83.9 Å². The Bertz CT molecular complexity index is 743. The SMILES string of the molecule is CCOC(=O)N1CCC(NC(=NCc2cn(C)nc2CC)NCC(=O)N(C)C)CC1.I. The summed E-state index contributed by atoms with van der Waals surface area (Å²) in [5.74, 6) is 0.558. The first-order valence-electron chi connectivity index (χ1n) is 10.5. The van der Waals surface area contributed by atoms with E-state index < -0.39 is 0 Å². The molecule has 0 atom stereocenters. The molecule has 0 radical (unpaired) electrons. The van der Waals surface area contributed by atoms with Crippen molar-refractivity contribution < 1.29 is 14.3 Å². The van der Waals surface area contributed by atoms with E-state index in [1.807, 2.05) is 20.2 Å². The smallest absolute Gasteiger partial charge is 0.409 e. The van der Waals surface area contributed by atoms with Crippen molar-refractivity contribution in [3.8, 4) is 0 Å². The zero-order valence-corrected chi connectivity index (χ0v) is 21.5. The monoisotopic (exact) mass is 549 g/mol. The number of carbonyl (C=O) groups excluding carboxylic acids is 2. The number of likely N-dealkylation sites (tertiary alicyclic amines) is 1. The topological polar surface area (TPSA) is 104 Å². The standard InChI is InChI=1S/C20H35N7O3.HI/c1-6-17-15(14-26(5)24-17)12-21-19(22-13-18(28)25(3)4)23-16-8-10-27(11-9-16)20(29)30-7-2;/h14,16H,6-13H2,1-5H3,(H2,21,22,23);1H. The van der Waals surface area contributed by atoms with E-state index in [2.05, 4.69) is 27.6 Å². The van der Waals surface area contributed by atoms with Gasteiger partial charge in [0.05, 0.1) is 25.4 Å². The minimum atomic E-state index is -0.261. The van der Waals surface area contributed by atoms with E-state index in [1.54, 1.807) is 28.6 Å². The van der Waals surface area contributed by atoms with Gasteiger partial charge < -0.3 is 25.2 Å². The number of aliphatic imine (C=N–C) groups is 1. The third kappa shape index (κ3) is 8.54. The van der Waals surface area contributed by atoms with Gasteiger partial charge in [0.2, 0.25) is 5.91 Å². The minimum absolute atomic E-state index is 0. The van der Waals surface area contributed by atoms with Crippen molar-refractivity contribution in [2.24, 2.45) is 12.0 Å². The predicted molar refractivity (Wildman–Crippen MR) is 131 cm³/mol. The number of carbonyl (C=O) groups is 2. The van der Waals surface area contributed by atoms with E-state index in [0.29, 0.717) is 32.2 Å². The Balaban J connectivity index is 0.00000480. The van der Waals surface area contributed by atoms with Gasteiger partial charge in [-0.05, 0) is 26.2 Å². The maximum Gasteiger partial charge on any atom is 0.409 e. The van der Waals surface area contributed by atoms with Crippen LogP contribution < -0.4 is 10.6 Å². The summed E-state index contributed by atoms with van der Waals surface area (Å²) in [6, 6.07) is 0.163. The molecule has 0 saturated carbocycles. The third-order valence-electron chi connectivity index (χ3n) is 5.00. The predicted octanol–water partition coefficient (Wildman–Crippen LogP) is 1.34. The fourth-order valence-corrected chi connectivity index (χ4v) is 3.26. The van der Waals surface area contributed by atoms with Crippen LogP contribution in [0, 0.1) is 0 Å². The molecule has 0 aliphatic carbocycles. The van der Waals surface area contributed by atoms with Gasteiger partial charge in [-0.15, -0.1) is 24.0 Å². The van der Waals surface area contributed by atoms with Gasteiger partial charge in [-0.3, -0.25) is 9.48 Å². The molecule has 0 bridgehead atoms. The lowest BCUT2D eigenvalue weighted by Gasteiger charge is -2.32. The van der Waals surface area contributed by atoms with Gasteiger partial charge in [0.1, 0.15) is 0 Å². The van der Waals surface area contributed by atoms with Crippen LogP contribution in [0.15, 0.2) is 11.2 Å². The molecular formula is C20H36IN7O3. The lowest BCUT2D eigenvalue weighted by Crippen LogP contribution is -2.51. The average molecular weight is 549 g/mol. The molecule has 1 saturated heterocycles. The molecule has 10 nitrogen and oxygen atoms in total. The molecule has 1 aromatic rings. The van der Waals surface area contributed by atoms with Crippen molar-refractivity contribution in [1.82, 2.24) is 30.2 Å². The summed E-state index contributed by atoms with van der Waals surface area (Å²) in [7, 11) is 5.35. The van der Waals surface area contributed by atoms with Crippen LogP contribution in [-0.2, 0) is 29.5 Å². The Morgan fingerprint density at radius 2 is 1.97 bits per heavy atom. The Labute approximate surface area is 201 Å². The number of likely N-dealkylation sites (N-methyl/N-ethyl adjacent to an activating group) is 1. The van der Waals surface area contributed by atoms with Crippen LogP contribution in [0.3, 0.4) is 0 Å². The third-order valence-corrected chi connectivity index (χ3v) is 5.00. The Morgan fingerprint density at radius 3 is 2.55 bits per heavy atom. The molecule has 1 fully saturated rings. The molecule has 1 aliphatic rings. The largest absolute Gasteiger partial charge is 0.450 e. The molecule has 2 N–H and O–H groups in total. The zero-order chi connectivity index (χ0) is 22.1. The van der Waals surface area contributed by atoms with E-state index in [0.717, 1.165) is 30.5 Å². The number of ether oxygens (including phenoxy) is 1. The first-order chi connectivity index (χ1) is 14.3. The van der Waals surface area contributed by atoms with Crippen LogP contribution in [0.2, 0.25) is 0 Å². The van der Waals surface area contributed by atoms with Crippen LogP contribution in [0.1, 0.15) is 37.9 Å². The fraction of sp³-hybridized carbons (Fsp3) is 0.700. The molecule has 11 heteroatoms. The molecule has 2 heterocycles. The number of aryl methyl sites for hydroxylation is 2. The first kappa shape index (κ1) is 27.0. The minimum Gasteiger partial charge on any atom is -0.450 e. The average Bonchev–Trinajstić information content (AvgIpc) is 3.09. The number of nitrogens with one attached hydrogen (secondary N) is 2. The summed E-state index contributed by atoms with van der Waals surface area (Å²) in [4.78, 5) is 31.9. The van der Waals surface area contributed by atoms with Gasteiger partial charge in [-0.2, -0.15) is 5.10 Å². The second kappa shape index (κ2) is 13.4. The lowest BCUT2D eigenvalue weighted by atomic mass is 10.1. The maximum atomic E-state index is 12.0. The number of amides is 2. The highest BCUT2D eigenvalue weighted by Gasteiger charge is 2.24. The highest BCUT2D eigenvalue weighted by Crippen LogP contribution is 2.12. The van der Waals surface area contributed by atoms with Gasteiger partial charge in [0, 0.05) is 52.0 Å². The quantitative estimate of drug-likeness (QED) is 0.303. The van der Waals surface area contributed by atoms with E-state index in [1.165, 1.54) is 0 Å². The van der Waals surface area contributed by atoms with Crippen LogP contribution >= 0.6 is 24.0 Å². The molecule has 176 valence electrons. The lowest BCUT2D eigenvalue weighted by molar-refractivity contribution is -0.127. The number of halogens is 1. The van der Waals surface area contributed by atoms with E-state index in [9.17, 15) is 9.59 Å². The molecule has 31 heavy (non-hydrogen) atoms. The number of piperidine rings is 1. The van der Waals surface area contributed by atoms with Crippen molar-refractivity contribution >= 4 is 41.9 Å². The number of rotatable bonds is 7. The summed E-state index contributed by atoms with van der Waals surface area (Å²) >= 11 is 0. The number of hydrogen-bond donors (Lipinski definition) is 2. The maximum absolute atomic E-state index is 12.0. The van der Waals surface area contributed by atoms with Crippen LogP contribution in [0.4, 0.5) is 4.79 Å². The van der Waals surface area contributed by atoms with Crippen molar-refractivity contribution in [2.75, 3.05) is 40.3 Å². The summed E-state index contributed by atoms with van der Waals surface area (Å²) < 4.78 is 6.87.